The van der Waals surface area contributed by atoms with Crippen molar-refractivity contribution in [3.8, 4) is 11.5 Å². The molecular formula is C14H12BrNO2. The second-order valence-electron chi connectivity index (χ2n) is 4.08. The number of halogens is 1. The zero-order chi connectivity index (χ0) is 12.5. The number of benzene rings is 1. The van der Waals surface area contributed by atoms with Gasteiger partial charge in [-0.1, -0.05) is 46.2 Å². The molecule has 3 aromatic rings. The van der Waals surface area contributed by atoms with E-state index in [1.54, 1.807) is 0 Å². The Morgan fingerprint density at radius 2 is 2.11 bits per heavy atom. The van der Waals surface area contributed by atoms with Crippen molar-refractivity contribution in [3.63, 3.8) is 0 Å². The summed E-state index contributed by atoms with van der Waals surface area (Å²) in [5, 5.41) is 5.80. The van der Waals surface area contributed by atoms with E-state index in [2.05, 4.69) is 34.1 Å². The van der Waals surface area contributed by atoms with Crippen LogP contribution in [0.2, 0.25) is 0 Å². The molecular weight excluding hydrogens is 294 g/mol. The highest BCUT2D eigenvalue weighted by Crippen LogP contribution is 2.34. The van der Waals surface area contributed by atoms with Gasteiger partial charge < -0.3 is 8.94 Å². The minimum Gasteiger partial charge on any atom is -0.452 e. The van der Waals surface area contributed by atoms with Crippen LogP contribution in [0, 0.1) is 0 Å². The largest absolute Gasteiger partial charge is 0.452 e. The Morgan fingerprint density at radius 3 is 2.83 bits per heavy atom. The molecule has 0 radical (unpaired) electrons. The second kappa shape index (κ2) is 4.61. The first-order valence-electron chi connectivity index (χ1n) is 5.85. The smallest absolute Gasteiger partial charge is 0.202 e. The standard InChI is InChI=1S/C14H12BrNO2/c1-2-10-11-5-3-4-6-12(11)17-14(10)13-7-9(8-15)16-18-13/h3-7H,2,8H2,1H3. The second-order valence-corrected chi connectivity index (χ2v) is 4.64. The summed E-state index contributed by atoms with van der Waals surface area (Å²) in [6.45, 7) is 2.11. The molecule has 0 aliphatic heterocycles. The van der Waals surface area contributed by atoms with Crippen molar-refractivity contribution in [1.29, 1.82) is 0 Å². The molecule has 0 saturated heterocycles. The van der Waals surface area contributed by atoms with E-state index in [-0.39, 0.29) is 0 Å². The molecule has 4 heteroatoms. The van der Waals surface area contributed by atoms with Crippen LogP contribution in [0.4, 0.5) is 0 Å². The molecule has 2 heterocycles. The Hall–Kier alpha value is -1.55. The Balaban J connectivity index is 2.21. The highest BCUT2D eigenvalue weighted by molar-refractivity contribution is 9.08. The lowest BCUT2D eigenvalue weighted by atomic mass is 10.1. The number of hydrogen-bond donors (Lipinski definition) is 0. The van der Waals surface area contributed by atoms with Gasteiger partial charge in [0.1, 0.15) is 5.58 Å². The molecule has 92 valence electrons. The summed E-state index contributed by atoms with van der Waals surface area (Å²) in [5.41, 5.74) is 2.93. The molecule has 3 rings (SSSR count). The lowest BCUT2D eigenvalue weighted by Crippen LogP contribution is -1.80. The van der Waals surface area contributed by atoms with Crippen LogP contribution in [0.3, 0.4) is 0 Å². The van der Waals surface area contributed by atoms with Crippen molar-refractivity contribution in [2.75, 3.05) is 0 Å². The third-order valence-corrected chi connectivity index (χ3v) is 3.55. The van der Waals surface area contributed by atoms with E-state index in [1.807, 2.05) is 24.3 Å². The average Bonchev–Trinajstić information content (AvgIpc) is 3.02. The molecule has 0 fully saturated rings. The van der Waals surface area contributed by atoms with Crippen LogP contribution in [-0.4, -0.2) is 5.16 Å². The van der Waals surface area contributed by atoms with Gasteiger partial charge in [0.25, 0.3) is 0 Å². The SMILES string of the molecule is CCc1c(-c2cc(CBr)no2)oc2ccccc12. The lowest BCUT2D eigenvalue weighted by molar-refractivity contribution is 0.415. The summed E-state index contributed by atoms with van der Waals surface area (Å²) in [5.74, 6) is 1.48. The van der Waals surface area contributed by atoms with E-state index in [4.69, 9.17) is 8.94 Å². The number of furan rings is 1. The van der Waals surface area contributed by atoms with Gasteiger partial charge in [-0.2, -0.15) is 0 Å². The molecule has 0 aliphatic carbocycles. The van der Waals surface area contributed by atoms with Gasteiger partial charge in [0.05, 0.1) is 5.69 Å². The van der Waals surface area contributed by atoms with Gasteiger partial charge in [0.15, 0.2) is 5.76 Å². The van der Waals surface area contributed by atoms with Crippen LogP contribution in [0.5, 0.6) is 0 Å². The summed E-state index contributed by atoms with van der Waals surface area (Å²) >= 11 is 3.36. The first-order valence-corrected chi connectivity index (χ1v) is 6.98. The van der Waals surface area contributed by atoms with Crippen molar-refractivity contribution in [2.45, 2.75) is 18.7 Å². The number of rotatable bonds is 3. The number of alkyl halides is 1. The van der Waals surface area contributed by atoms with Gasteiger partial charge in [-0.3, -0.25) is 0 Å². The number of aromatic nitrogens is 1. The van der Waals surface area contributed by atoms with Gasteiger partial charge in [0.2, 0.25) is 5.76 Å². The van der Waals surface area contributed by atoms with Crippen LogP contribution in [-0.2, 0) is 11.8 Å². The van der Waals surface area contributed by atoms with E-state index in [9.17, 15) is 0 Å². The molecule has 0 saturated carbocycles. The predicted molar refractivity (Wildman–Crippen MR) is 73.7 cm³/mol. The monoisotopic (exact) mass is 305 g/mol. The maximum absolute atomic E-state index is 5.88. The number of fused-ring (bicyclic) bond motifs is 1. The highest BCUT2D eigenvalue weighted by atomic mass is 79.9. The molecule has 3 nitrogen and oxygen atoms in total. The van der Waals surface area contributed by atoms with Crippen molar-refractivity contribution in [1.82, 2.24) is 5.16 Å². The van der Waals surface area contributed by atoms with Gasteiger partial charge in [0, 0.05) is 22.3 Å². The molecule has 0 unspecified atom stereocenters. The first kappa shape index (κ1) is 11.5. The van der Waals surface area contributed by atoms with Crippen molar-refractivity contribution in [2.24, 2.45) is 0 Å². The molecule has 0 bridgehead atoms. The molecule has 0 amide bonds. The highest BCUT2D eigenvalue weighted by Gasteiger charge is 2.17. The van der Waals surface area contributed by atoms with E-state index in [1.165, 1.54) is 5.56 Å². The fraction of sp³-hybridized carbons (Fsp3) is 0.214. The zero-order valence-electron chi connectivity index (χ0n) is 9.94. The van der Waals surface area contributed by atoms with Gasteiger partial charge in [-0.15, -0.1) is 0 Å². The Kier molecular flexibility index (Phi) is 2.96. The van der Waals surface area contributed by atoms with Crippen LogP contribution in [0.25, 0.3) is 22.5 Å². The topological polar surface area (TPSA) is 39.2 Å². The Morgan fingerprint density at radius 1 is 1.28 bits per heavy atom. The predicted octanol–water partition coefficient (Wildman–Crippen LogP) is 4.55. The summed E-state index contributed by atoms with van der Waals surface area (Å²) in [4.78, 5) is 0. The normalized spacial score (nSPS) is 11.2. The minimum atomic E-state index is 0.679. The molecule has 0 atom stereocenters. The van der Waals surface area contributed by atoms with E-state index < -0.39 is 0 Å². The summed E-state index contributed by atoms with van der Waals surface area (Å²) in [6.07, 6.45) is 0.899. The molecule has 1 aromatic carbocycles. The first-order chi connectivity index (χ1) is 8.83. The molecule has 0 aliphatic rings. The van der Waals surface area contributed by atoms with Crippen LogP contribution in [0.15, 0.2) is 39.3 Å². The molecule has 0 N–H and O–H groups in total. The number of aryl methyl sites for hydroxylation is 1. The van der Waals surface area contributed by atoms with Crippen molar-refractivity contribution >= 4 is 26.9 Å². The number of hydrogen-bond acceptors (Lipinski definition) is 3. The van der Waals surface area contributed by atoms with Crippen molar-refractivity contribution in [3.05, 3.63) is 41.6 Å². The Bertz CT molecular complexity index is 684. The summed E-state index contributed by atoms with van der Waals surface area (Å²) in [7, 11) is 0. The fourth-order valence-corrected chi connectivity index (χ4v) is 2.39. The van der Waals surface area contributed by atoms with Crippen LogP contribution in [0.1, 0.15) is 18.2 Å². The Labute approximate surface area is 113 Å². The maximum Gasteiger partial charge on any atom is 0.202 e. The van der Waals surface area contributed by atoms with E-state index in [0.717, 1.165) is 28.8 Å². The van der Waals surface area contributed by atoms with Crippen LogP contribution < -0.4 is 0 Å². The molecule has 0 spiro atoms. The molecule has 2 aromatic heterocycles. The van der Waals surface area contributed by atoms with Gasteiger partial charge in [-0.25, -0.2) is 0 Å². The third-order valence-electron chi connectivity index (χ3n) is 2.97. The number of para-hydroxylation sites is 1. The molecule has 18 heavy (non-hydrogen) atoms. The zero-order valence-corrected chi connectivity index (χ0v) is 11.5. The maximum atomic E-state index is 5.88. The summed E-state index contributed by atoms with van der Waals surface area (Å²) < 4.78 is 11.2. The van der Waals surface area contributed by atoms with Crippen LogP contribution >= 0.6 is 15.9 Å². The number of nitrogens with zero attached hydrogens (tertiary/aromatic N) is 1. The van der Waals surface area contributed by atoms with E-state index >= 15 is 0 Å². The van der Waals surface area contributed by atoms with Gasteiger partial charge in [-0.05, 0) is 12.5 Å². The van der Waals surface area contributed by atoms with E-state index in [0.29, 0.717) is 11.1 Å². The van der Waals surface area contributed by atoms with Crippen molar-refractivity contribution < 1.29 is 8.94 Å². The summed E-state index contributed by atoms with van der Waals surface area (Å²) in [6, 6.07) is 9.94. The fourth-order valence-electron chi connectivity index (χ4n) is 2.13. The minimum absolute atomic E-state index is 0.679. The average molecular weight is 306 g/mol. The van der Waals surface area contributed by atoms with Gasteiger partial charge >= 0.3 is 0 Å². The quantitative estimate of drug-likeness (QED) is 0.667. The lowest BCUT2D eigenvalue weighted by Gasteiger charge is -1.94. The third kappa shape index (κ3) is 1.77.